The maximum atomic E-state index is 10.7. The van der Waals surface area contributed by atoms with Crippen LogP contribution in [-0.4, -0.2) is 11.0 Å². The van der Waals surface area contributed by atoms with E-state index >= 15 is 0 Å². The molecule has 2 nitrogen and oxygen atoms in total. The van der Waals surface area contributed by atoms with Crippen LogP contribution in [0.25, 0.3) is 0 Å². The third-order valence-corrected chi connectivity index (χ3v) is 2.53. The van der Waals surface area contributed by atoms with Crippen LogP contribution >= 0.6 is 23.2 Å². The van der Waals surface area contributed by atoms with Gasteiger partial charge in [-0.2, -0.15) is 0 Å². The highest BCUT2D eigenvalue weighted by molar-refractivity contribution is 6.76. The minimum atomic E-state index is 0.0923. The zero-order chi connectivity index (χ0) is 10.0. The Labute approximate surface area is 86.9 Å². The summed E-state index contributed by atoms with van der Waals surface area (Å²) in [5.41, 5.74) is 1.53. The first-order valence-corrected chi connectivity index (χ1v) is 4.59. The predicted octanol–water partition coefficient (Wildman–Crippen LogP) is 3.01. The lowest BCUT2D eigenvalue weighted by atomic mass is 10.2. The number of halogens is 2. The molecule has 0 radical (unpaired) electrons. The fourth-order valence-electron chi connectivity index (χ4n) is 0.945. The second-order valence-corrected chi connectivity index (χ2v) is 3.57. The van der Waals surface area contributed by atoms with Crippen LogP contribution in [0.5, 0.6) is 0 Å². The summed E-state index contributed by atoms with van der Waals surface area (Å²) in [5, 5.41) is 0.769. The van der Waals surface area contributed by atoms with Crippen LogP contribution in [0.2, 0.25) is 0 Å². The molecule has 0 unspecified atom stereocenters. The van der Waals surface area contributed by atoms with Crippen LogP contribution in [0, 0.1) is 0 Å². The summed E-state index contributed by atoms with van der Waals surface area (Å²) in [4.78, 5) is 14.7. The minimum Gasteiger partial charge on any atom is -0.300 e. The van der Waals surface area contributed by atoms with Gasteiger partial charge in [-0.25, -0.2) is 4.99 Å². The van der Waals surface area contributed by atoms with Gasteiger partial charge >= 0.3 is 0 Å². The van der Waals surface area contributed by atoms with Gasteiger partial charge in [-0.15, -0.1) is 0 Å². The summed E-state index contributed by atoms with van der Waals surface area (Å²) in [6, 6.07) is 0. The fourth-order valence-corrected chi connectivity index (χ4v) is 1.32. The molecule has 0 saturated carbocycles. The summed E-state index contributed by atoms with van der Waals surface area (Å²) < 4.78 is 0. The molecule has 70 valence electrons. The van der Waals surface area contributed by atoms with Gasteiger partial charge in [0.05, 0.1) is 10.7 Å². The summed E-state index contributed by atoms with van der Waals surface area (Å²) in [6.07, 6.45) is 2.10. The Bertz CT molecular complexity index is 340. The zero-order valence-corrected chi connectivity index (χ0v) is 8.91. The van der Waals surface area contributed by atoms with E-state index in [1.54, 1.807) is 6.08 Å². The van der Waals surface area contributed by atoms with Gasteiger partial charge in [0.25, 0.3) is 0 Å². The number of ketones is 1. The van der Waals surface area contributed by atoms with Gasteiger partial charge < -0.3 is 0 Å². The second kappa shape index (κ2) is 4.07. The van der Waals surface area contributed by atoms with Gasteiger partial charge in [0, 0.05) is 6.42 Å². The molecule has 13 heavy (non-hydrogen) atoms. The number of aliphatic imine (C=N–C) groups is 1. The maximum absolute atomic E-state index is 10.7. The second-order valence-electron chi connectivity index (χ2n) is 2.84. The molecule has 0 saturated heterocycles. The van der Waals surface area contributed by atoms with E-state index < -0.39 is 0 Å². The van der Waals surface area contributed by atoms with E-state index in [0.29, 0.717) is 22.3 Å². The lowest BCUT2D eigenvalue weighted by molar-refractivity contribution is -0.116. The number of nitrogens with zero attached hydrogens (tertiary/aromatic N) is 1. The Morgan fingerprint density at radius 3 is 2.54 bits per heavy atom. The molecule has 0 aromatic carbocycles. The molecule has 1 aliphatic heterocycles. The number of carbonyl (C=O) groups is 1. The number of rotatable bonds is 2. The average Bonchev–Trinajstić information content (AvgIpc) is 2.29. The third-order valence-electron chi connectivity index (χ3n) is 1.70. The van der Waals surface area contributed by atoms with Crippen molar-refractivity contribution in [1.82, 2.24) is 0 Å². The molecule has 1 rings (SSSR count). The quantitative estimate of drug-likeness (QED) is 0.700. The van der Waals surface area contributed by atoms with Gasteiger partial charge in [-0.05, 0) is 19.4 Å². The van der Waals surface area contributed by atoms with Crippen LogP contribution in [0.1, 0.15) is 20.3 Å². The van der Waals surface area contributed by atoms with E-state index in [4.69, 9.17) is 23.2 Å². The van der Waals surface area contributed by atoms with Crippen molar-refractivity contribution >= 4 is 34.2 Å². The van der Waals surface area contributed by atoms with Crippen LogP contribution in [0.4, 0.5) is 0 Å². The molecular formula is C9H9Cl2NO. The van der Waals surface area contributed by atoms with E-state index in [9.17, 15) is 4.79 Å². The highest BCUT2D eigenvalue weighted by atomic mass is 35.5. The Morgan fingerprint density at radius 2 is 2.15 bits per heavy atom. The SMILES string of the molecule is CC(=O)C/C=C1/N=C(Cl)C(Cl)=C1C. The van der Waals surface area contributed by atoms with E-state index in [2.05, 4.69) is 4.99 Å². The van der Waals surface area contributed by atoms with Crippen LogP contribution in [0.15, 0.2) is 27.4 Å². The molecule has 1 heterocycles. The lowest BCUT2D eigenvalue weighted by Crippen LogP contribution is -1.87. The fraction of sp³-hybridized carbons (Fsp3) is 0.333. The highest BCUT2D eigenvalue weighted by Gasteiger charge is 2.16. The van der Waals surface area contributed by atoms with Gasteiger partial charge in [0.2, 0.25) is 0 Å². The van der Waals surface area contributed by atoms with Crippen molar-refractivity contribution in [1.29, 1.82) is 0 Å². The highest BCUT2D eigenvalue weighted by Crippen LogP contribution is 2.29. The zero-order valence-electron chi connectivity index (χ0n) is 7.40. The molecule has 0 spiro atoms. The Balaban J connectivity index is 2.87. The number of Topliss-reactive ketones (excluding diaryl/α,β-unsaturated/α-hetero) is 1. The maximum Gasteiger partial charge on any atom is 0.148 e. The van der Waals surface area contributed by atoms with E-state index in [0.717, 1.165) is 5.57 Å². The Hall–Kier alpha value is -0.600. The lowest BCUT2D eigenvalue weighted by Gasteiger charge is -1.94. The smallest absolute Gasteiger partial charge is 0.148 e. The third kappa shape index (κ3) is 2.42. The molecule has 0 N–H and O–H groups in total. The van der Waals surface area contributed by atoms with Crippen molar-refractivity contribution < 1.29 is 4.79 Å². The first kappa shape index (κ1) is 10.5. The van der Waals surface area contributed by atoms with Gasteiger partial charge in [-0.3, -0.25) is 4.79 Å². The number of carbonyl (C=O) groups excluding carboxylic acids is 1. The van der Waals surface area contributed by atoms with Gasteiger partial charge in [-0.1, -0.05) is 29.3 Å². The summed E-state index contributed by atoms with van der Waals surface area (Å²) >= 11 is 11.5. The van der Waals surface area contributed by atoms with E-state index in [1.807, 2.05) is 6.92 Å². The molecule has 1 aliphatic rings. The number of allylic oxidation sites excluding steroid dienone is 3. The topological polar surface area (TPSA) is 29.4 Å². The van der Waals surface area contributed by atoms with Crippen LogP contribution < -0.4 is 0 Å². The number of hydrogen-bond donors (Lipinski definition) is 0. The first-order valence-electron chi connectivity index (χ1n) is 3.83. The van der Waals surface area contributed by atoms with Crippen molar-refractivity contribution in [2.75, 3.05) is 0 Å². The van der Waals surface area contributed by atoms with Crippen molar-refractivity contribution in [3.05, 3.63) is 22.4 Å². The van der Waals surface area contributed by atoms with Crippen molar-refractivity contribution in [2.24, 2.45) is 4.99 Å². The molecule has 0 bridgehead atoms. The minimum absolute atomic E-state index is 0.0923. The standard InChI is InChI=1S/C9H9Cl2NO/c1-5(13)3-4-7-6(2)8(10)9(11)12-7/h4H,3H2,1-2H3/b7-4+. The molecule has 4 heteroatoms. The predicted molar refractivity (Wildman–Crippen MR) is 55.2 cm³/mol. The Morgan fingerprint density at radius 1 is 1.54 bits per heavy atom. The normalized spacial score (nSPS) is 19.7. The molecule has 0 aromatic rings. The molecule has 0 atom stereocenters. The van der Waals surface area contributed by atoms with Crippen molar-refractivity contribution in [3.63, 3.8) is 0 Å². The summed E-state index contributed by atoms with van der Waals surface area (Å²) in [5.74, 6) is 0.0923. The summed E-state index contributed by atoms with van der Waals surface area (Å²) in [6.45, 7) is 3.35. The van der Waals surface area contributed by atoms with Crippen LogP contribution in [0.3, 0.4) is 0 Å². The molecule has 0 fully saturated rings. The van der Waals surface area contributed by atoms with Crippen molar-refractivity contribution in [2.45, 2.75) is 20.3 Å². The average molecular weight is 218 g/mol. The molecule has 0 amide bonds. The molecule has 0 aromatic heterocycles. The molecular weight excluding hydrogens is 209 g/mol. The van der Waals surface area contributed by atoms with Crippen molar-refractivity contribution in [3.8, 4) is 0 Å². The molecule has 0 aliphatic carbocycles. The van der Waals surface area contributed by atoms with Gasteiger partial charge in [0.15, 0.2) is 0 Å². The largest absolute Gasteiger partial charge is 0.300 e. The van der Waals surface area contributed by atoms with E-state index in [1.165, 1.54) is 6.92 Å². The number of hydrogen-bond acceptors (Lipinski definition) is 2. The Kier molecular flexibility index (Phi) is 3.28. The first-order chi connectivity index (χ1) is 6.02. The summed E-state index contributed by atoms with van der Waals surface area (Å²) in [7, 11) is 0. The van der Waals surface area contributed by atoms with Crippen LogP contribution in [-0.2, 0) is 4.79 Å². The van der Waals surface area contributed by atoms with E-state index in [-0.39, 0.29) is 5.78 Å². The van der Waals surface area contributed by atoms with Gasteiger partial charge in [0.1, 0.15) is 11.0 Å². The monoisotopic (exact) mass is 217 g/mol.